The Morgan fingerprint density at radius 2 is 1.93 bits per heavy atom. The molecule has 0 saturated carbocycles. The largest absolute Gasteiger partial charge is 0.339 e. The molecule has 0 radical (unpaired) electrons. The summed E-state index contributed by atoms with van der Waals surface area (Å²) in [5, 5.41) is 2.63. The van der Waals surface area contributed by atoms with E-state index < -0.39 is 11.9 Å². The molecule has 1 atom stereocenters. The van der Waals surface area contributed by atoms with Crippen LogP contribution in [0.5, 0.6) is 0 Å². The zero-order valence-electron chi connectivity index (χ0n) is 16.3. The maximum absolute atomic E-state index is 13.3. The molecule has 0 unspecified atom stereocenters. The van der Waals surface area contributed by atoms with Gasteiger partial charge in [0.1, 0.15) is 11.9 Å². The van der Waals surface area contributed by atoms with E-state index in [9.17, 15) is 14.0 Å². The first kappa shape index (κ1) is 20.9. The maximum atomic E-state index is 13.3. The molecule has 1 aromatic rings. The summed E-state index contributed by atoms with van der Waals surface area (Å²) in [6, 6.07) is 3.10. The van der Waals surface area contributed by atoms with Gasteiger partial charge in [0, 0.05) is 25.3 Å². The molecular formula is C20H28ClFN4O2. The fraction of sp³-hybridized carbons (Fsp3) is 0.600. The van der Waals surface area contributed by atoms with Crippen LogP contribution < -0.4 is 5.32 Å². The number of nitrogens with zero attached hydrogens (tertiary/aromatic N) is 3. The predicted octanol–water partition coefficient (Wildman–Crippen LogP) is 3.42. The van der Waals surface area contributed by atoms with Crippen molar-refractivity contribution in [2.45, 2.75) is 38.6 Å². The fourth-order valence-electron chi connectivity index (χ4n) is 3.87. The van der Waals surface area contributed by atoms with E-state index in [0.717, 1.165) is 32.6 Å². The second-order valence-electron chi connectivity index (χ2n) is 7.51. The highest BCUT2D eigenvalue weighted by Gasteiger charge is 2.34. The van der Waals surface area contributed by atoms with E-state index in [4.69, 9.17) is 11.6 Å². The van der Waals surface area contributed by atoms with Crippen LogP contribution in [0, 0.1) is 5.82 Å². The van der Waals surface area contributed by atoms with Crippen molar-refractivity contribution in [3.05, 3.63) is 29.0 Å². The normalized spacial score (nSPS) is 21.1. The maximum Gasteiger partial charge on any atom is 0.322 e. The quantitative estimate of drug-likeness (QED) is 0.809. The molecule has 28 heavy (non-hydrogen) atoms. The lowest BCUT2D eigenvalue weighted by atomic mass is 10.1. The smallest absolute Gasteiger partial charge is 0.322 e. The van der Waals surface area contributed by atoms with Crippen LogP contribution >= 0.6 is 11.6 Å². The average molecular weight is 411 g/mol. The minimum absolute atomic E-state index is 0.0304. The van der Waals surface area contributed by atoms with Gasteiger partial charge in [0.25, 0.3) is 0 Å². The third-order valence-electron chi connectivity index (χ3n) is 5.53. The minimum atomic E-state index is -0.540. The minimum Gasteiger partial charge on any atom is -0.339 e. The van der Waals surface area contributed by atoms with Crippen LogP contribution in [-0.2, 0) is 4.79 Å². The van der Waals surface area contributed by atoms with E-state index in [1.54, 1.807) is 6.92 Å². The van der Waals surface area contributed by atoms with E-state index in [0.29, 0.717) is 18.8 Å². The van der Waals surface area contributed by atoms with Crippen LogP contribution in [0.2, 0.25) is 5.02 Å². The van der Waals surface area contributed by atoms with Gasteiger partial charge in [0.05, 0.1) is 5.02 Å². The van der Waals surface area contributed by atoms with Crippen LogP contribution in [0.1, 0.15) is 32.6 Å². The lowest BCUT2D eigenvalue weighted by molar-refractivity contribution is -0.139. The summed E-state index contributed by atoms with van der Waals surface area (Å²) in [5.74, 6) is -0.571. The molecule has 3 amide bonds. The van der Waals surface area contributed by atoms with Gasteiger partial charge in [-0.1, -0.05) is 18.0 Å². The molecule has 3 rings (SSSR count). The number of anilines is 1. The second-order valence-corrected chi connectivity index (χ2v) is 7.92. The molecule has 0 bridgehead atoms. The number of urea groups is 1. The summed E-state index contributed by atoms with van der Waals surface area (Å²) in [6.45, 7) is 6.81. The molecule has 2 aliphatic heterocycles. The van der Waals surface area contributed by atoms with Gasteiger partial charge in [-0.05, 0) is 64.0 Å². The Kier molecular flexibility index (Phi) is 7.13. The first-order chi connectivity index (χ1) is 13.5. The van der Waals surface area contributed by atoms with Crippen molar-refractivity contribution in [2.75, 3.05) is 44.6 Å². The van der Waals surface area contributed by atoms with Gasteiger partial charge in [-0.25, -0.2) is 9.18 Å². The number of hydrogen-bond donors (Lipinski definition) is 1. The van der Waals surface area contributed by atoms with Crippen molar-refractivity contribution < 1.29 is 14.0 Å². The second kappa shape index (κ2) is 9.56. The van der Waals surface area contributed by atoms with Gasteiger partial charge in [-0.15, -0.1) is 0 Å². The van der Waals surface area contributed by atoms with Gasteiger partial charge in [0.15, 0.2) is 0 Å². The Bertz CT molecular complexity index is 711. The summed E-state index contributed by atoms with van der Waals surface area (Å²) in [7, 11) is 0. The van der Waals surface area contributed by atoms with Crippen LogP contribution in [0.3, 0.4) is 0 Å². The number of rotatable bonds is 5. The molecule has 154 valence electrons. The van der Waals surface area contributed by atoms with Crippen molar-refractivity contribution in [2.24, 2.45) is 0 Å². The SMILES string of the molecule is C[C@H]1C(=O)N(CCCN2CCCCC2)CCN1C(=O)Nc1ccc(F)c(Cl)c1. The lowest BCUT2D eigenvalue weighted by Crippen LogP contribution is -2.58. The number of nitrogens with one attached hydrogen (secondary N) is 1. The van der Waals surface area contributed by atoms with Gasteiger partial charge in [0.2, 0.25) is 5.91 Å². The number of hydrogen-bond acceptors (Lipinski definition) is 3. The van der Waals surface area contributed by atoms with Crippen LogP contribution in [0.15, 0.2) is 18.2 Å². The van der Waals surface area contributed by atoms with Crippen molar-refractivity contribution in [1.82, 2.24) is 14.7 Å². The number of halogens is 2. The summed E-state index contributed by atoms with van der Waals surface area (Å²) in [4.78, 5) is 31.1. The molecule has 8 heteroatoms. The molecule has 1 N–H and O–H groups in total. The number of benzene rings is 1. The average Bonchev–Trinajstić information content (AvgIpc) is 2.69. The van der Waals surface area contributed by atoms with E-state index in [1.165, 1.54) is 42.4 Å². The Labute approximate surface area is 170 Å². The van der Waals surface area contributed by atoms with Crippen molar-refractivity contribution in [3.63, 3.8) is 0 Å². The highest BCUT2D eigenvalue weighted by molar-refractivity contribution is 6.31. The Morgan fingerprint density at radius 3 is 2.64 bits per heavy atom. The summed E-state index contributed by atoms with van der Waals surface area (Å²) in [6.07, 6.45) is 4.81. The van der Waals surface area contributed by atoms with E-state index in [1.807, 2.05) is 4.90 Å². The highest BCUT2D eigenvalue weighted by atomic mass is 35.5. The Balaban J connectivity index is 1.48. The number of likely N-dealkylation sites (tertiary alicyclic amines) is 1. The first-order valence-electron chi connectivity index (χ1n) is 9.99. The number of piperazine rings is 1. The van der Waals surface area contributed by atoms with Crippen LogP contribution in [0.25, 0.3) is 0 Å². The standard InChI is InChI=1S/C20H28ClFN4O2/c1-15-19(27)25(11-5-10-24-8-3-2-4-9-24)12-13-26(15)20(28)23-16-6-7-18(22)17(21)14-16/h6-7,14-15H,2-5,8-13H2,1H3,(H,23,28)/t15-/m0/s1. The van der Waals surface area contributed by atoms with Crippen LogP contribution in [-0.4, -0.2) is 71.9 Å². The molecule has 6 nitrogen and oxygen atoms in total. The molecule has 2 fully saturated rings. The zero-order chi connectivity index (χ0) is 20.1. The topological polar surface area (TPSA) is 55.9 Å². The lowest BCUT2D eigenvalue weighted by Gasteiger charge is -2.39. The first-order valence-corrected chi connectivity index (χ1v) is 10.4. The summed E-state index contributed by atoms with van der Waals surface area (Å²) >= 11 is 5.75. The van der Waals surface area contributed by atoms with Gasteiger partial charge in [-0.2, -0.15) is 0 Å². The number of piperidine rings is 1. The van der Waals surface area contributed by atoms with Gasteiger partial charge >= 0.3 is 6.03 Å². The summed E-state index contributed by atoms with van der Waals surface area (Å²) < 4.78 is 13.3. The monoisotopic (exact) mass is 410 g/mol. The Hall–Kier alpha value is -1.86. The molecule has 1 aromatic carbocycles. The molecule has 2 saturated heterocycles. The number of carbonyl (C=O) groups excluding carboxylic acids is 2. The number of amides is 3. The molecule has 2 heterocycles. The van der Waals surface area contributed by atoms with Crippen molar-refractivity contribution >= 4 is 29.2 Å². The van der Waals surface area contributed by atoms with Crippen molar-refractivity contribution in [1.29, 1.82) is 0 Å². The fourth-order valence-corrected chi connectivity index (χ4v) is 4.05. The zero-order valence-corrected chi connectivity index (χ0v) is 17.1. The van der Waals surface area contributed by atoms with Crippen LogP contribution in [0.4, 0.5) is 14.9 Å². The molecule has 0 aromatic heterocycles. The van der Waals surface area contributed by atoms with Gasteiger partial charge < -0.3 is 20.0 Å². The molecular weight excluding hydrogens is 383 g/mol. The van der Waals surface area contributed by atoms with E-state index >= 15 is 0 Å². The molecule has 0 spiro atoms. The summed E-state index contributed by atoms with van der Waals surface area (Å²) in [5.41, 5.74) is 0.403. The number of carbonyl (C=O) groups is 2. The highest BCUT2D eigenvalue weighted by Crippen LogP contribution is 2.21. The molecule has 0 aliphatic carbocycles. The third-order valence-corrected chi connectivity index (χ3v) is 5.82. The predicted molar refractivity (Wildman–Crippen MR) is 108 cm³/mol. The van der Waals surface area contributed by atoms with Gasteiger partial charge in [-0.3, -0.25) is 4.79 Å². The van der Waals surface area contributed by atoms with Crippen molar-refractivity contribution in [3.8, 4) is 0 Å². The third kappa shape index (κ3) is 5.14. The molecule has 2 aliphatic rings. The van der Waals surface area contributed by atoms with E-state index in [2.05, 4.69) is 10.2 Å². The Morgan fingerprint density at radius 1 is 1.18 bits per heavy atom. The van der Waals surface area contributed by atoms with E-state index in [-0.39, 0.29) is 17.0 Å².